The number of hydrogen-bond donors (Lipinski definition) is 1. The van der Waals surface area contributed by atoms with Crippen molar-refractivity contribution in [3.05, 3.63) is 64.2 Å². The van der Waals surface area contributed by atoms with E-state index in [-0.39, 0.29) is 16.6 Å². The standard InChI is InChI=1S/C19H23N3O4S/c1-14-11-21(12-15-6-4-3-5-7-15)13-18(14)20-17-9-8-16(27(2,25)26)10-19(17)22(23)24/h3-10,14,18,20H,11-13H2,1-2H3. The van der Waals surface area contributed by atoms with Crippen LogP contribution in [0.5, 0.6) is 0 Å². The van der Waals surface area contributed by atoms with E-state index in [9.17, 15) is 18.5 Å². The van der Waals surface area contributed by atoms with Gasteiger partial charge in [0, 0.05) is 38.0 Å². The molecule has 0 radical (unpaired) electrons. The Hall–Kier alpha value is -2.45. The molecule has 7 nitrogen and oxygen atoms in total. The van der Waals surface area contributed by atoms with Crippen molar-refractivity contribution in [2.45, 2.75) is 24.4 Å². The molecule has 144 valence electrons. The van der Waals surface area contributed by atoms with E-state index in [0.717, 1.165) is 32.0 Å². The molecular formula is C19H23N3O4S. The number of hydrogen-bond acceptors (Lipinski definition) is 6. The van der Waals surface area contributed by atoms with Crippen LogP contribution in [0.4, 0.5) is 11.4 Å². The summed E-state index contributed by atoms with van der Waals surface area (Å²) < 4.78 is 23.4. The van der Waals surface area contributed by atoms with Crippen LogP contribution in [0.25, 0.3) is 0 Å². The Morgan fingerprint density at radius 3 is 2.52 bits per heavy atom. The number of nitro benzene ring substituents is 1. The molecule has 0 aromatic heterocycles. The summed E-state index contributed by atoms with van der Waals surface area (Å²) in [6, 6.07) is 14.2. The van der Waals surface area contributed by atoms with E-state index in [1.165, 1.54) is 17.7 Å². The summed E-state index contributed by atoms with van der Waals surface area (Å²) in [4.78, 5) is 13.1. The Kier molecular flexibility index (Phi) is 5.48. The largest absolute Gasteiger partial charge is 0.375 e. The molecule has 0 saturated carbocycles. The molecule has 0 spiro atoms. The van der Waals surface area contributed by atoms with Crippen LogP contribution in [-0.4, -0.2) is 43.6 Å². The first kappa shape index (κ1) is 19.3. The lowest BCUT2D eigenvalue weighted by molar-refractivity contribution is -0.384. The first-order valence-electron chi connectivity index (χ1n) is 8.75. The molecule has 2 aromatic carbocycles. The Labute approximate surface area is 159 Å². The van der Waals surface area contributed by atoms with Crippen molar-refractivity contribution in [3.63, 3.8) is 0 Å². The van der Waals surface area contributed by atoms with Gasteiger partial charge >= 0.3 is 0 Å². The van der Waals surface area contributed by atoms with Crippen molar-refractivity contribution in [1.82, 2.24) is 4.90 Å². The van der Waals surface area contributed by atoms with Crippen LogP contribution >= 0.6 is 0 Å². The van der Waals surface area contributed by atoms with Gasteiger partial charge in [-0.05, 0) is 23.6 Å². The predicted molar refractivity (Wildman–Crippen MR) is 104 cm³/mol. The molecule has 1 heterocycles. The molecule has 2 aromatic rings. The van der Waals surface area contributed by atoms with Gasteiger partial charge in [-0.3, -0.25) is 15.0 Å². The minimum atomic E-state index is -3.50. The second-order valence-electron chi connectivity index (χ2n) is 7.12. The van der Waals surface area contributed by atoms with E-state index < -0.39 is 14.8 Å². The summed E-state index contributed by atoms with van der Waals surface area (Å²) in [5.41, 5.74) is 1.37. The summed E-state index contributed by atoms with van der Waals surface area (Å²) in [5, 5.41) is 14.7. The topological polar surface area (TPSA) is 92.6 Å². The quantitative estimate of drug-likeness (QED) is 0.603. The van der Waals surface area contributed by atoms with Gasteiger partial charge in [0.1, 0.15) is 5.69 Å². The molecule has 2 atom stereocenters. The van der Waals surface area contributed by atoms with E-state index in [1.54, 1.807) is 0 Å². The fourth-order valence-corrected chi connectivity index (χ4v) is 4.08. The molecule has 3 rings (SSSR count). The summed E-state index contributed by atoms with van der Waals surface area (Å²) in [6.45, 7) is 4.60. The van der Waals surface area contributed by atoms with Gasteiger partial charge in [-0.25, -0.2) is 8.42 Å². The Balaban J connectivity index is 1.76. The van der Waals surface area contributed by atoms with Crippen molar-refractivity contribution < 1.29 is 13.3 Å². The minimum Gasteiger partial charge on any atom is -0.375 e. The third-order valence-corrected chi connectivity index (χ3v) is 5.98. The first-order valence-corrected chi connectivity index (χ1v) is 10.6. The van der Waals surface area contributed by atoms with Gasteiger partial charge in [0.25, 0.3) is 5.69 Å². The maximum absolute atomic E-state index is 11.7. The molecule has 1 N–H and O–H groups in total. The maximum atomic E-state index is 11.7. The van der Waals surface area contributed by atoms with E-state index >= 15 is 0 Å². The lowest BCUT2D eigenvalue weighted by atomic mass is 10.1. The fourth-order valence-electron chi connectivity index (χ4n) is 3.44. The zero-order chi connectivity index (χ0) is 19.6. The molecule has 2 unspecified atom stereocenters. The molecule has 1 fully saturated rings. The Bertz CT molecular complexity index is 931. The second-order valence-corrected chi connectivity index (χ2v) is 9.13. The predicted octanol–water partition coefficient (Wildman–Crippen LogP) is 2.93. The number of rotatable bonds is 6. The van der Waals surface area contributed by atoms with Crippen LogP contribution in [0.2, 0.25) is 0 Å². The minimum absolute atomic E-state index is 0.0510. The smallest absolute Gasteiger partial charge is 0.293 e. The number of anilines is 1. The summed E-state index contributed by atoms with van der Waals surface area (Å²) in [5.74, 6) is 0.308. The van der Waals surface area contributed by atoms with Crippen LogP contribution < -0.4 is 5.32 Å². The number of nitrogens with zero attached hydrogens (tertiary/aromatic N) is 2. The average Bonchev–Trinajstić information content (AvgIpc) is 2.94. The van der Waals surface area contributed by atoms with Crippen LogP contribution in [0.1, 0.15) is 12.5 Å². The molecule has 1 aliphatic rings. The third kappa shape index (κ3) is 4.64. The summed E-state index contributed by atoms with van der Waals surface area (Å²) in [7, 11) is -3.50. The van der Waals surface area contributed by atoms with E-state index in [2.05, 4.69) is 29.3 Å². The molecule has 0 amide bonds. The molecule has 1 aliphatic heterocycles. The highest BCUT2D eigenvalue weighted by Gasteiger charge is 2.31. The van der Waals surface area contributed by atoms with E-state index in [4.69, 9.17) is 0 Å². The van der Waals surface area contributed by atoms with Crippen LogP contribution in [0, 0.1) is 16.0 Å². The van der Waals surface area contributed by atoms with Crippen LogP contribution in [-0.2, 0) is 16.4 Å². The number of nitrogens with one attached hydrogen (secondary N) is 1. The summed E-state index contributed by atoms with van der Waals surface area (Å²) in [6.07, 6.45) is 1.04. The van der Waals surface area contributed by atoms with Crippen LogP contribution in [0.3, 0.4) is 0 Å². The summed E-state index contributed by atoms with van der Waals surface area (Å²) >= 11 is 0. The molecular weight excluding hydrogens is 366 g/mol. The van der Waals surface area contributed by atoms with Crippen molar-refractivity contribution in [3.8, 4) is 0 Å². The van der Waals surface area contributed by atoms with Gasteiger partial charge in [-0.15, -0.1) is 0 Å². The second kappa shape index (κ2) is 7.66. The highest BCUT2D eigenvalue weighted by molar-refractivity contribution is 7.90. The first-order chi connectivity index (χ1) is 12.7. The SMILES string of the molecule is CC1CN(Cc2ccccc2)CC1Nc1ccc(S(C)(=O)=O)cc1[N+](=O)[O-]. The van der Waals surface area contributed by atoms with Crippen molar-refractivity contribution >= 4 is 21.2 Å². The lowest BCUT2D eigenvalue weighted by Crippen LogP contribution is -2.28. The lowest BCUT2D eigenvalue weighted by Gasteiger charge is -2.19. The molecule has 0 bridgehead atoms. The highest BCUT2D eigenvalue weighted by atomic mass is 32.2. The third-order valence-electron chi connectivity index (χ3n) is 4.87. The van der Waals surface area contributed by atoms with Crippen molar-refractivity contribution in [1.29, 1.82) is 0 Å². The number of benzene rings is 2. The Morgan fingerprint density at radius 2 is 1.89 bits per heavy atom. The molecule has 27 heavy (non-hydrogen) atoms. The fraction of sp³-hybridized carbons (Fsp3) is 0.368. The highest BCUT2D eigenvalue weighted by Crippen LogP contribution is 2.30. The zero-order valence-electron chi connectivity index (χ0n) is 15.3. The van der Waals surface area contributed by atoms with Gasteiger partial charge in [0.2, 0.25) is 0 Å². The molecule has 0 aliphatic carbocycles. The van der Waals surface area contributed by atoms with Gasteiger partial charge in [-0.2, -0.15) is 0 Å². The van der Waals surface area contributed by atoms with Gasteiger partial charge in [-0.1, -0.05) is 37.3 Å². The average molecular weight is 389 g/mol. The zero-order valence-corrected chi connectivity index (χ0v) is 16.1. The van der Waals surface area contributed by atoms with Gasteiger partial charge < -0.3 is 5.32 Å². The molecule has 8 heteroatoms. The number of sulfone groups is 1. The maximum Gasteiger partial charge on any atom is 0.293 e. The van der Waals surface area contributed by atoms with Gasteiger partial charge in [0.15, 0.2) is 9.84 Å². The van der Waals surface area contributed by atoms with E-state index in [1.807, 2.05) is 18.2 Å². The normalized spacial score (nSPS) is 20.5. The number of likely N-dealkylation sites (tertiary alicyclic amines) is 1. The van der Waals surface area contributed by atoms with Crippen LogP contribution in [0.15, 0.2) is 53.4 Å². The number of nitro groups is 1. The van der Waals surface area contributed by atoms with E-state index in [0.29, 0.717) is 11.6 Å². The molecule has 1 saturated heterocycles. The van der Waals surface area contributed by atoms with Gasteiger partial charge in [0.05, 0.1) is 9.82 Å². The van der Waals surface area contributed by atoms with Crippen molar-refractivity contribution in [2.24, 2.45) is 5.92 Å². The monoisotopic (exact) mass is 389 g/mol. The Morgan fingerprint density at radius 1 is 1.19 bits per heavy atom. The van der Waals surface area contributed by atoms with Crippen molar-refractivity contribution in [2.75, 3.05) is 24.7 Å².